The number of hydrogen-bond donors (Lipinski definition) is 2. The molecule has 2 unspecified atom stereocenters. The Hall–Kier alpha value is -1.55. The lowest BCUT2D eigenvalue weighted by Gasteiger charge is -2.50. The molecular formula is C17H23NO3. The lowest BCUT2D eigenvalue weighted by molar-refractivity contribution is -0.125. The molecule has 1 heterocycles. The van der Waals surface area contributed by atoms with Crippen LogP contribution in [0.1, 0.15) is 36.8 Å². The summed E-state index contributed by atoms with van der Waals surface area (Å²) in [5.41, 5.74) is 1.46. The Labute approximate surface area is 125 Å². The highest BCUT2D eigenvalue weighted by Gasteiger charge is 2.49. The molecule has 2 aliphatic rings. The van der Waals surface area contributed by atoms with Crippen molar-refractivity contribution in [2.75, 3.05) is 20.1 Å². The average Bonchev–Trinajstić information content (AvgIpc) is 2.44. The van der Waals surface area contributed by atoms with E-state index < -0.39 is 0 Å². The zero-order valence-corrected chi connectivity index (χ0v) is 12.7. The number of benzene rings is 1. The van der Waals surface area contributed by atoms with Gasteiger partial charge >= 0.3 is 0 Å². The first kappa shape index (κ1) is 14.4. The van der Waals surface area contributed by atoms with E-state index in [4.69, 9.17) is 0 Å². The van der Waals surface area contributed by atoms with E-state index in [1.807, 2.05) is 13.0 Å². The summed E-state index contributed by atoms with van der Waals surface area (Å²) < 4.78 is 0. The van der Waals surface area contributed by atoms with Crippen molar-refractivity contribution in [2.24, 2.45) is 5.92 Å². The summed E-state index contributed by atoms with van der Waals surface area (Å²) in [6.45, 7) is 3.82. The molecular weight excluding hydrogens is 266 g/mol. The van der Waals surface area contributed by atoms with E-state index in [-0.39, 0.29) is 22.7 Å². The van der Waals surface area contributed by atoms with Crippen LogP contribution >= 0.6 is 0 Å². The first-order valence-electron chi connectivity index (χ1n) is 7.66. The van der Waals surface area contributed by atoms with Crippen LogP contribution in [0.2, 0.25) is 0 Å². The number of Topliss-reactive ketones (excluding diaryl/α,β-unsaturated/α-hetero) is 1. The van der Waals surface area contributed by atoms with Gasteiger partial charge in [-0.25, -0.2) is 0 Å². The number of aromatic hydroxyl groups is 2. The van der Waals surface area contributed by atoms with E-state index in [0.29, 0.717) is 18.8 Å². The van der Waals surface area contributed by atoms with Crippen LogP contribution in [0.3, 0.4) is 0 Å². The number of hydrogen-bond acceptors (Lipinski definition) is 4. The Bertz CT molecular complexity index is 584. The fourth-order valence-corrected chi connectivity index (χ4v) is 4.34. The van der Waals surface area contributed by atoms with Crippen LogP contribution in [0.25, 0.3) is 0 Å². The number of fused-ring (bicyclic) bond motifs is 1. The largest absolute Gasteiger partial charge is 0.504 e. The zero-order chi connectivity index (χ0) is 15.2. The van der Waals surface area contributed by atoms with Gasteiger partial charge in [-0.2, -0.15) is 0 Å². The highest BCUT2D eigenvalue weighted by Crippen LogP contribution is 2.52. The normalized spacial score (nSPS) is 30.2. The third kappa shape index (κ3) is 2.22. The van der Waals surface area contributed by atoms with Crippen LogP contribution < -0.4 is 0 Å². The lowest BCUT2D eigenvalue weighted by atomic mass is 9.58. The molecule has 1 aromatic carbocycles. The maximum Gasteiger partial charge on any atom is 0.161 e. The molecule has 4 heteroatoms. The average molecular weight is 289 g/mol. The molecule has 0 bridgehead atoms. The van der Waals surface area contributed by atoms with Gasteiger partial charge in [0.2, 0.25) is 0 Å². The number of phenolic OH excluding ortho intramolecular Hbond substituents is 2. The number of aryl methyl sites for hydroxylation is 1. The molecule has 1 aromatic rings. The second-order valence-electron chi connectivity index (χ2n) is 6.74. The monoisotopic (exact) mass is 289 g/mol. The van der Waals surface area contributed by atoms with Gasteiger partial charge in [-0.05, 0) is 50.9 Å². The van der Waals surface area contributed by atoms with Crippen molar-refractivity contribution in [1.29, 1.82) is 0 Å². The number of likely N-dealkylation sites (tertiary alicyclic amines) is 1. The van der Waals surface area contributed by atoms with Crippen LogP contribution in [0, 0.1) is 12.8 Å². The first-order chi connectivity index (χ1) is 9.94. The summed E-state index contributed by atoms with van der Waals surface area (Å²) in [6.07, 6.45) is 2.86. The van der Waals surface area contributed by atoms with Crippen molar-refractivity contribution in [3.63, 3.8) is 0 Å². The van der Waals surface area contributed by atoms with E-state index in [1.54, 1.807) is 0 Å². The molecule has 1 saturated carbocycles. The molecule has 1 aliphatic heterocycles. The van der Waals surface area contributed by atoms with E-state index >= 15 is 0 Å². The van der Waals surface area contributed by atoms with Crippen molar-refractivity contribution in [3.8, 4) is 11.5 Å². The van der Waals surface area contributed by atoms with Crippen LogP contribution in [-0.4, -0.2) is 41.0 Å². The molecule has 3 rings (SSSR count). The fourth-order valence-electron chi connectivity index (χ4n) is 4.34. The highest BCUT2D eigenvalue weighted by molar-refractivity contribution is 5.81. The van der Waals surface area contributed by atoms with E-state index in [0.717, 1.165) is 37.1 Å². The maximum absolute atomic E-state index is 12.1. The smallest absolute Gasteiger partial charge is 0.161 e. The van der Waals surface area contributed by atoms with Crippen LogP contribution in [-0.2, 0) is 10.2 Å². The van der Waals surface area contributed by atoms with E-state index in [2.05, 4.69) is 11.9 Å². The Morgan fingerprint density at radius 3 is 2.86 bits per heavy atom. The standard InChI is InChI=1S/C17H23NO3/c1-11-3-6-14(20)16(21)15(11)17-7-8-18(2)10-12(17)4-5-13(19)9-17/h3,6,12,20-21H,4-5,7-10H2,1-2H3. The quantitative estimate of drug-likeness (QED) is 0.779. The van der Waals surface area contributed by atoms with Crippen molar-refractivity contribution in [1.82, 2.24) is 4.90 Å². The third-order valence-corrected chi connectivity index (χ3v) is 5.40. The molecule has 0 radical (unpaired) electrons. The number of carbonyl (C=O) groups excluding carboxylic acids is 1. The second-order valence-corrected chi connectivity index (χ2v) is 6.74. The van der Waals surface area contributed by atoms with E-state index in [1.165, 1.54) is 6.07 Å². The summed E-state index contributed by atoms with van der Waals surface area (Å²) in [5, 5.41) is 20.4. The van der Waals surface area contributed by atoms with E-state index in [9.17, 15) is 15.0 Å². The topological polar surface area (TPSA) is 60.8 Å². The Morgan fingerprint density at radius 2 is 2.10 bits per heavy atom. The molecule has 4 nitrogen and oxygen atoms in total. The van der Waals surface area contributed by atoms with Gasteiger partial charge in [0.05, 0.1) is 0 Å². The first-order valence-corrected chi connectivity index (χ1v) is 7.66. The summed E-state index contributed by atoms with van der Waals surface area (Å²) in [5.74, 6) is 0.526. The molecule has 1 saturated heterocycles. The molecule has 1 aliphatic carbocycles. The van der Waals surface area contributed by atoms with Gasteiger partial charge in [0.1, 0.15) is 5.78 Å². The number of nitrogens with zero attached hydrogens (tertiary/aromatic N) is 1. The predicted octanol–water partition coefficient (Wildman–Crippen LogP) is 2.35. The molecule has 114 valence electrons. The molecule has 0 aromatic heterocycles. The van der Waals surface area contributed by atoms with Crippen LogP contribution in [0.4, 0.5) is 0 Å². The number of carbonyl (C=O) groups is 1. The van der Waals surface area contributed by atoms with Gasteiger partial charge in [-0.3, -0.25) is 4.79 Å². The number of piperidine rings is 1. The predicted molar refractivity (Wildman–Crippen MR) is 80.6 cm³/mol. The molecule has 0 spiro atoms. The van der Waals surface area contributed by atoms with Gasteiger partial charge in [-0.15, -0.1) is 0 Å². The van der Waals surface area contributed by atoms with Gasteiger partial charge in [0.25, 0.3) is 0 Å². The molecule has 0 amide bonds. The molecule has 2 fully saturated rings. The third-order valence-electron chi connectivity index (χ3n) is 5.40. The van der Waals surface area contributed by atoms with Crippen LogP contribution in [0.15, 0.2) is 12.1 Å². The summed E-state index contributed by atoms with van der Waals surface area (Å²) in [4.78, 5) is 14.4. The van der Waals surface area contributed by atoms with Crippen molar-refractivity contribution in [3.05, 3.63) is 23.3 Å². The van der Waals surface area contributed by atoms with Crippen molar-refractivity contribution < 1.29 is 15.0 Å². The zero-order valence-electron chi connectivity index (χ0n) is 12.7. The van der Waals surface area contributed by atoms with Gasteiger partial charge in [-0.1, -0.05) is 6.07 Å². The van der Waals surface area contributed by atoms with Crippen molar-refractivity contribution >= 4 is 5.78 Å². The minimum atomic E-state index is -0.311. The Morgan fingerprint density at radius 1 is 1.33 bits per heavy atom. The number of ketones is 1. The van der Waals surface area contributed by atoms with Crippen molar-refractivity contribution in [2.45, 2.75) is 38.0 Å². The Balaban J connectivity index is 2.15. The second kappa shape index (κ2) is 5.02. The molecule has 2 atom stereocenters. The van der Waals surface area contributed by atoms with Crippen LogP contribution in [0.5, 0.6) is 11.5 Å². The molecule has 21 heavy (non-hydrogen) atoms. The maximum atomic E-state index is 12.1. The van der Waals surface area contributed by atoms with Gasteiger partial charge in [0, 0.05) is 30.4 Å². The van der Waals surface area contributed by atoms with Gasteiger partial charge < -0.3 is 15.1 Å². The minimum absolute atomic E-state index is 0.0285. The number of phenols is 2. The van der Waals surface area contributed by atoms with Gasteiger partial charge in [0.15, 0.2) is 11.5 Å². The lowest BCUT2D eigenvalue weighted by Crippen LogP contribution is -2.52. The summed E-state index contributed by atoms with van der Waals surface area (Å²) in [6, 6.07) is 3.37. The number of rotatable bonds is 1. The summed E-state index contributed by atoms with van der Waals surface area (Å²) >= 11 is 0. The Kier molecular flexibility index (Phi) is 3.44. The molecule has 2 N–H and O–H groups in total. The highest BCUT2D eigenvalue weighted by atomic mass is 16.3. The SMILES string of the molecule is Cc1ccc(O)c(O)c1C12CCN(C)CC1CCC(=O)C2. The summed E-state index contributed by atoms with van der Waals surface area (Å²) in [7, 11) is 2.11. The minimum Gasteiger partial charge on any atom is -0.504 e. The fraction of sp³-hybridized carbons (Fsp3) is 0.588.